The Labute approximate surface area is 277 Å². The van der Waals surface area contributed by atoms with Crippen molar-refractivity contribution in [2.75, 3.05) is 7.11 Å². The Bertz CT molecular complexity index is 1940. The van der Waals surface area contributed by atoms with Gasteiger partial charge in [0.25, 0.3) is 5.91 Å². The van der Waals surface area contributed by atoms with Crippen molar-refractivity contribution in [1.82, 2.24) is 19.9 Å². The Kier molecular flexibility index (Phi) is 12.3. The van der Waals surface area contributed by atoms with E-state index >= 15 is 0 Å². The largest absolute Gasteiger partial charge is 0.496 e. The van der Waals surface area contributed by atoms with Crippen LogP contribution in [0.3, 0.4) is 0 Å². The van der Waals surface area contributed by atoms with Crippen molar-refractivity contribution >= 4 is 17.4 Å². The molecular formula is C37H36F2N6O3. The number of nitrogens with one attached hydrogen (secondary N) is 1. The molecule has 0 saturated heterocycles. The van der Waals surface area contributed by atoms with Crippen LogP contribution in [-0.4, -0.2) is 33.4 Å². The molecule has 0 unspecified atom stereocenters. The molecule has 3 aromatic heterocycles. The molecule has 0 aliphatic rings. The lowest BCUT2D eigenvalue weighted by atomic mass is 10.0. The highest BCUT2D eigenvalue weighted by atomic mass is 19.1. The van der Waals surface area contributed by atoms with E-state index in [1.165, 1.54) is 31.4 Å². The van der Waals surface area contributed by atoms with E-state index in [-0.39, 0.29) is 24.0 Å². The topological polar surface area (TPSA) is 121 Å². The van der Waals surface area contributed by atoms with Gasteiger partial charge in [-0.3, -0.25) is 9.78 Å². The number of methoxy groups -OCH3 is 1. The quantitative estimate of drug-likeness (QED) is 0.129. The molecule has 0 aliphatic carbocycles. The first-order valence-electron chi connectivity index (χ1n) is 15.1. The lowest BCUT2D eigenvalue weighted by Gasteiger charge is -2.09. The van der Waals surface area contributed by atoms with E-state index in [4.69, 9.17) is 14.9 Å². The van der Waals surface area contributed by atoms with Gasteiger partial charge in [0.15, 0.2) is 5.76 Å². The third kappa shape index (κ3) is 9.23. The minimum Gasteiger partial charge on any atom is -0.496 e. The number of halogens is 2. The van der Waals surface area contributed by atoms with E-state index in [1.54, 1.807) is 79.4 Å². The number of amidine groups is 1. The van der Waals surface area contributed by atoms with E-state index < -0.39 is 11.7 Å². The van der Waals surface area contributed by atoms with Gasteiger partial charge in [0.05, 0.1) is 24.7 Å². The first kappa shape index (κ1) is 34.8. The van der Waals surface area contributed by atoms with Crippen molar-refractivity contribution in [1.29, 1.82) is 0 Å². The zero-order valence-corrected chi connectivity index (χ0v) is 27.0. The first-order chi connectivity index (χ1) is 23.3. The molecule has 0 aliphatic heterocycles. The number of imidazole rings is 1. The molecule has 246 valence electrons. The molecule has 0 fully saturated rings. The molecule has 6 rings (SSSR count). The number of furan rings is 1. The number of ether oxygens (including phenoxy) is 1. The lowest BCUT2D eigenvalue weighted by molar-refractivity contribution is 0.0923. The first-order valence-corrected chi connectivity index (χ1v) is 15.1. The number of nitrogens with two attached hydrogens (primary N) is 1. The van der Waals surface area contributed by atoms with Gasteiger partial charge in [-0.1, -0.05) is 44.2 Å². The molecule has 0 radical (unpaired) electrons. The fraction of sp³-hybridized carbons (Fsp3) is 0.135. The van der Waals surface area contributed by atoms with Crippen LogP contribution in [0.2, 0.25) is 0 Å². The molecule has 0 saturated carbocycles. The summed E-state index contributed by atoms with van der Waals surface area (Å²) in [6, 6.07) is 24.2. The number of carbonyl (C=O) groups excluding carboxylic acids is 1. The average molecular weight is 651 g/mol. The molecule has 11 heteroatoms. The number of amides is 1. The number of carbonyl (C=O) groups is 1. The molecule has 0 atom stereocenters. The van der Waals surface area contributed by atoms with Crippen LogP contribution >= 0.6 is 0 Å². The maximum Gasteiger partial charge on any atom is 0.287 e. The van der Waals surface area contributed by atoms with Crippen LogP contribution < -0.4 is 15.8 Å². The van der Waals surface area contributed by atoms with Gasteiger partial charge in [-0.2, -0.15) is 0 Å². The number of benzene rings is 3. The summed E-state index contributed by atoms with van der Waals surface area (Å²) in [6.45, 7) is 3.96. The van der Waals surface area contributed by atoms with Crippen LogP contribution in [0.4, 0.5) is 14.5 Å². The molecular weight excluding hydrogens is 614 g/mol. The Morgan fingerprint density at radius 1 is 0.958 bits per heavy atom. The highest BCUT2D eigenvalue weighted by Crippen LogP contribution is 2.34. The third-order valence-electron chi connectivity index (χ3n) is 6.76. The van der Waals surface area contributed by atoms with E-state index in [1.807, 2.05) is 37.7 Å². The second-order valence-corrected chi connectivity index (χ2v) is 9.98. The molecule has 3 heterocycles. The number of aliphatic imine (C=N–C) groups is 1. The number of aryl methyl sites for hydroxylation is 1. The van der Waals surface area contributed by atoms with E-state index in [0.717, 1.165) is 0 Å². The summed E-state index contributed by atoms with van der Waals surface area (Å²) in [7, 11) is 3.45. The summed E-state index contributed by atoms with van der Waals surface area (Å²) >= 11 is 0. The third-order valence-corrected chi connectivity index (χ3v) is 6.76. The van der Waals surface area contributed by atoms with Gasteiger partial charge in [0.1, 0.15) is 34.7 Å². The second-order valence-electron chi connectivity index (χ2n) is 9.98. The molecule has 48 heavy (non-hydrogen) atoms. The summed E-state index contributed by atoms with van der Waals surface area (Å²) in [5, 5.41) is 2.67. The molecule has 9 nitrogen and oxygen atoms in total. The summed E-state index contributed by atoms with van der Waals surface area (Å²) in [5.74, 6) is -0.161. The Balaban J connectivity index is 0.000000578. The molecule has 6 aromatic rings. The Morgan fingerprint density at radius 3 is 2.35 bits per heavy atom. The predicted octanol–water partition coefficient (Wildman–Crippen LogP) is 7.71. The number of hydrogen-bond acceptors (Lipinski definition) is 6. The van der Waals surface area contributed by atoms with Crippen LogP contribution in [0.1, 0.15) is 35.7 Å². The van der Waals surface area contributed by atoms with E-state index in [2.05, 4.69) is 20.3 Å². The number of pyridine rings is 1. The van der Waals surface area contributed by atoms with Crippen LogP contribution in [0.5, 0.6) is 5.75 Å². The molecule has 1 amide bonds. The van der Waals surface area contributed by atoms with Gasteiger partial charge in [0, 0.05) is 43.8 Å². The Morgan fingerprint density at radius 2 is 1.73 bits per heavy atom. The molecule has 0 bridgehead atoms. The van der Waals surface area contributed by atoms with E-state index in [9.17, 15) is 13.6 Å². The number of nitrogens with zero attached hydrogens (tertiary/aromatic N) is 4. The second kappa shape index (κ2) is 17.0. The standard InChI is InChI=1S/C31H24F2N4O3.C4H6N2.C2H6/c1-39-29-17-23(37-30(34)26-4-2-3-15-35-26)11-12-24(29)27-13-14-28(40-27)31(38)36-18-21-6-5-20(16-25(21)33)19-7-9-22(32)10-8-19;1-6-3-2-5-4-6;1-2/h2-17H,18H2,1H3,(H2,34,37)(H,36,38);2-4H,1H3;1-2H3. The Hall–Kier alpha value is -6.10. The van der Waals surface area contributed by atoms with Gasteiger partial charge in [-0.25, -0.2) is 18.8 Å². The fourth-order valence-electron chi connectivity index (χ4n) is 4.37. The van der Waals surface area contributed by atoms with Crippen molar-refractivity contribution in [2.24, 2.45) is 17.8 Å². The number of aromatic nitrogens is 3. The molecule has 0 spiro atoms. The summed E-state index contributed by atoms with van der Waals surface area (Å²) in [4.78, 5) is 25.1. The highest BCUT2D eigenvalue weighted by Gasteiger charge is 2.16. The molecule has 3 aromatic carbocycles. The maximum atomic E-state index is 14.7. The normalized spacial score (nSPS) is 10.7. The van der Waals surface area contributed by atoms with Crippen LogP contribution in [0, 0.1) is 11.6 Å². The van der Waals surface area contributed by atoms with Crippen LogP contribution in [-0.2, 0) is 13.6 Å². The van der Waals surface area contributed by atoms with Crippen LogP contribution in [0.15, 0.2) is 125 Å². The van der Waals surface area contributed by atoms with Crippen molar-refractivity contribution < 1.29 is 22.7 Å². The van der Waals surface area contributed by atoms with E-state index in [0.29, 0.717) is 45.1 Å². The summed E-state index contributed by atoms with van der Waals surface area (Å²) in [6.07, 6.45) is 7.02. The zero-order valence-electron chi connectivity index (χ0n) is 27.0. The predicted molar refractivity (Wildman–Crippen MR) is 183 cm³/mol. The molecule has 3 N–H and O–H groups in total. The number of rotatable bonds is 8. The zero-order chi connectivity index (χ0) is 34.5. The van der Waals surface area contributed by atoms with Gasteiger partial charge < -0.3 is 24.8 Å². The monoisotopic (exact) mass is 650 g/mol. The van der Waals surface area contributed by atoms with Gasteiger partial charge in [-0.05, 0) is 65.7 Å². The lowest BCUT2D eigenvalue weighted by Crippen LogP contribution is -2.22. The van der Waals surface area contributed by atoms with Crippen molar-refractivity contribution in [3.05, 3.63) is 145 Å². The minimum atomic E-state index is -0.503. The summed E-state index contributed by atoms with van der Waals surface area (Å²) in [5.41, 5.74) is 9.38. The highest BCUT2D eigenvalue weighted by molar-refractivity contribution is 5.97. The van der Waals surface area contributed by atoms with Gasteiger partial charge in [-0.15, -0.1) is 0 Å². The van der Waals surface area contributed by atoms with Gasteiger partial charge in [0.2, 0.25) is 0 Å². The van der Waals surface area contributed by atoms with Gasteiger partial charge >= 0.3 is 0 Å². The van der Waals surface area contributed by atoms with Crippen molar-refractivity contribution in [3.63, 3.8) is 0 Å². The SMILES string of the molecule is CC.COc1cc(N=C(N)c2ccccn2)ccc1-c1ccc(C(=O)NCc2ccc(-c3ccc(F)cc3)cc2F)o1.Cn1ccnc1. The minimum absolute atomic E-state index is 0.0435. The van der Waals surface area contributed by atoms with Crippen molar-refractivity contribution in [2.45, 2.75) is 20.4 Å². The number of hydrogen-bond donors (Lipinski definition) is 2. The van der Waals surface area contributed by atoms with Crippen LogP contribution in [0.25, 0.3) is 22.5 Å². The summed E-state index contributed by atoms with van der Waals surface area (Å²) < 4.78 is 41.1. The van der Waals surface area contributed by atoms with Crippen molar-refractivity contribution in [3.8, 4) is 28.2 Å². The average Bonchev–Trinajstić information content (AvgIpc) is 3.82. The smallest absolute Gasteiger partial charge is 0.287 e. The fourth-order valence-corrected chi connectivity index (χ4v) is 4.37. The maximum absolute atomic E-state index is 14.7.